The number of ether oxygens (including phenoxy) is 1. The topological polar surface area (TPSA) is 66.8 Å². The maximum absolute atomic E-state index is 11.3. The third-order valence-corrected chi connectivity index (χ3v) is 2.61. The Hall–Kier alpha value is -0.870. The van der Waals surface area contributed by atoms with Gasteiger partial charge in [-0.2, -0.15) is 0 Å². The molecule has 1 rings (SSSR count). The Bertz CT molecular complexity index is 249. The number of rotatable bonds is 0. The van der Waals surface area contributed by atoms with Crippen LogP contribution in [0, 0.1) is 0 Å². The first-order valence-electron chi connectivity index (χ1n) is 5.80. The van der Waals surface area contributed by atoms with Gasteiger partial charge in [0, 0.05) is 0 Å². The van der Waals surface area contributed by atoms with Gasteiger partial charge in [0.25, 0.3) is 0 Å². The first-order chi connectivity index (χ1) is 7.58. The Balaban J connectivity index is 2.54. The summed E-state index contributed by atoms with van der Waals surface area (Å²) in [7, 11) is 0. The second-order valence-electron chi connectivity index (χ2n) is 4.32. The van der Waals surface area contributed by atoms with Gasteiger partial charge in [-0.15, -0.1) is 0 Å². The van der Waals surface area contributed by atoms with Crippen LogP contribution in [0.5, 0.6) is 0 Å². The van der Waals surface area contributed by atoms with Crippen molar-refractivity contribution in [1.29, 1.82) is 0 Å². The van der Waals surface area contributed by atoms with Gasteiger partial charge in [-0.3, -0.25) is 4.79 Å². The molecule has 0 fully saturated rings. The average Bonchev–Trinajstić information content (AvgIpc) is 2.15. The van der Waals surface area contributed by atoms with E-state index in [1.807, 2.05) is 6.92 Å². The fourth-order valence-corrected chi connectivity index (χ4v) is 1.71. The zero-order valence-electron chi connectivity index (χ0n) is 9.63. The lowest BCUT2D eigenvalue weighted by Crippen LogP contribution is -2.21. The number of cyclic esters (lactones) is 1. The van der Waals surface area contributed by atoms with E-state index in [9.17, 15) is 15.0 Å². The van der Waals surface area contributed by atoms with Crippen LogP contribution in [0.1, 0.15) is 39.0 Å². The van der Waals surface area contributed by atoms with Crippen molar-refractivity contribution in [3.05, 3.63) is 12.2 Å². The van der Waals surface area contributed by atoms with Crippen molar-refractivity contribution in [1.82, 2.24) is 0 Å². The maximum atomic E-state index is 11.3. The largest absolute Gasteiger partial charge is 0.463 e. The maximum Gasteiger partial charge on any atom is 0.308 e. The molecule has 0 aromatic heterocycles. The fourth-order valence-electron chi connectivity index (χ4n) is 1.71. The van der Waals surface area contributed by atoms with E-state index in [1.165, 1.54) is 0 Å². The van der Waals surface area contributed by atoms with Crippen LogP contribution in [-0.2, 0) is 9.53 Å². The molecule has 0 saturated carbocycles. The quantitative estimate of drug-likeness (QED) is 0.482. The number of carbonyl (C=O) groups excluding carboxylic acids is 1. The van der Waals surface area contributed by atoms with Crippen molar-refractivity contribution in [2.24, 2.45) is 0 Å². The SMILES string of the molecule is C[C@@H]1CCCC(O)/C=C\C[C@@H](O)CC(=O)O1. The second-order valence-corrected chi connectivity index (χ2v) is 4.32. The minimum Gasteiger partial charge on any atom is -0.463 e. The van der Waals surface area contributed by atoms with Crippen LogP contribution in [-0.4, -0.2) is 34.5 Å². The van der Waals surface area contributed by atoms with Crippen LogP contribution in [0.4, 0.5) is 0 Å². The van der Waals surface area contributed by atoms with Gasteiger partial charge in [0.05, 0.1) is 24.7 Å². The summed E-state index contributed by atoms with van der Waals surface area (Å²) >= 11 is 0. The number of esters is 1. The van der Waals surface area contributed by atoms with E-state index >= 15 is 0 Å². The van der Waals surface area contributed by atoms with Crippen LogP contribution >= 0.6 is 0 Å². The molecule has 0 radical (unpaired) electrons. The predicted octanol–water partition coefficient (Wildman–Crippen LogP) is 1.16. The normalized spacial score (nSPS) is 35.7. The van der Waals surface area contributed by atoms with E-state index in [0.29, 0.717) is 12.8 Å². The summed E-state index contributed by atoms with van der Waals surface area (Å²) in [5.74, 6) is -0.352. The molecule has 0 spiro atoms. The Labute approximate surface area is 95.9 Å². The monoisotopic (exact) mass is 228 g/mol. The van der Waals surface area contributed by atoms with Gasteiger partial charge in [-0.05, 0) is 32.6 Å². The number of hydrogen-bond donors (Lipinski definition) is 2. The standard InChI is InChI=1S/C12H20O4/c1-9-4-2-5-10(13)6-3-7-11(14)8-12(15)16-9/h3,6,9-11,13-14H,2,4-5,7-8H2,1H3/b6-3-/t9-,10?,11-/m1/s1. The Kier molecular flexibility index (Phi) is 5.49. The van der Waals surface area contributed by atoms with Gasteiger partial charge in [-0.25, -0.2) is 0 Å². The third-order valence-electron chi connectivity index (χ3n) is 2.61. The number of carbonyl (C=O) groups is 1. The first-order valence-corrected chi connectivity index (χ1v) is 5.80. The Morgan fingerprint density at radius 1 is 1.38 bits per heavy atom. The molecule has 1 unspecified atom stereocenters. The summed E-state index contributed by atoms with van der Waals surface area (Å²) in [6, 6.07) is 0. The van der Waals surface area contributed by atoms with E-state index < -0.39 is 12.2 Å². The zero-order chi connectivity index (χ0) is 12.0. The van der Waals surface area contributed by atoms with Gasteiger partial charge in [-0.1, -0.05) is 12.2 Å². The van der Waals surface area contributed by atoms with Crippen molar-refractivity contribution >= 4 is 5.97 Å². The van der Waals surface area contributed by atoms with Crippen molar-refractivity contribution in [2.75, 3.05) is 0 Å². The average molecular weight is 228 g/mol. The molecule has 1 aliphatic heterocycles. The Morgan fingerprint density at radius 2 is 2.12 bits per heavy atom. The smallest absolute Gasteiger partial charge is 0.308 e. The molecule has 4 heteroatoms. The second kappa shape index (κ2) is 6.66. The summed E-state index contributed by atoms with van der Waals surface area (Å²) in [5.41, 5.74) is 0. The summed E-state index contributed by atoms with van der Waals surface area (Å²) in [6.07, 6.45) is 4.69. The molecule has 4 nitrogen and oxygen atoms in total. The molecular weight excluding hydrogens is 208 g/mol. The first kappa shape index (κ1) is 13.2. The highest BCUT2D eigenvalue weighted by atomic mass is 16.5. The van der Waals surface area contributed by atoms with Crippen LogP contribution in [0.2, 0.25) is 0 Å². The molecule has 0 bridgehead atoms. The van der Waals surface area contributed by atoms with Crippen molar-refractivity contribution < 1.29 is 19.7 Å². The van der Waals surface area contributed by atoms with Crippen molar-refractivity contribution in [2.45, 2.75) is 57.3 Å². The van der Waals surface area contributed by atoms with Crippen LogP contribution in [0.25, 0.3) is 0 Å². The fraction of sp³-hybridized carbons (Fsp3) is 0.750. The number of aliphatic hydroxyl groups excluding tert-OH is 2. The molecule has 1 aliphatic rings. The molecule has 3 atom stereocenters. The minimum atomic E-state index is -0.720. The molecular formula is C12H20O4. The molecule has 0 aromatic carbocycles. The summed E-state index contributed by atoms with van der Waals surface area (Å²) in [6.45, 7) is 1.83. The van der Waals surface area contributed by atoms with E-state index in [-0.39, 0.29) is 18.5 Å². The third kappa shape index (κ3) is 5.28. The lowest BCUT2D eigenvalue weighted by atomic mass is 10.1. The summed E-state index contributed by atoms with van der Waals surface area (Å²) in [4.78, 5) is 11.3. The molecule has 2 N–H and O–H groups in total. The molecule has 1 heterocycles. The highest BCUT2D eigenvalue weighted by molar-refractivity contribution is 5.70. The number of aliphatic hydroxyl groups is 2. The van der Waals surface area contributed by atoms with E-state index in [0.717, 1.165) is 12.8 Å². The van der Waals surface area contributed by atoms with E-state index in [4.69, 9.17) is 4.74 Å². The summed E-state index contributed by atoms with van der Waals surface area (Å²) in [5, 5.41) is 19.0. The molecule has 0 amide bonds. The molecule has 0 aromatic rings. The van der Waals surface area contributed by atoms with Gasteiger partial charge in [0.15, 0.2) is 0 Å². The van der Waals surface area contributed by atoms with Crippen LogP contribution in [0.3, 0.4) is 0 Å². The molecule has 0 aliphatic carbocycles. The van der Waals surface area contributed by atoms with E-state index in [1.54, 1.807) is 12.2 Å². The lowest BCUT2D eigenvalue weighted by Gasteiger charge is -2.16. The molecule has 16 heavy (non-hydrogen) atoms. The molecule has 0 saturated heterocycles. The lowest BCUT2D eigenvalue weighted by molar-refractivity contribution is -0.150. The van der Waals surface area contributed by atoms with Crippen molar-refractivity contribution in [3.8, 4) is 0 Å². The predicted molar refractivity (Wildman–Crippen MR) is 59.8 cm³/mol. The molecule has 92 valence electrons. The van der Waals surface area contributed by atoms with Crippen LogP contribution < -0.4 is 0 Å². The van der Waals surface area contributed by atoms with Gasteiger partial charge < -0.3 is 14.9 Å². The van der Waals surface area contributed by atoms with Gasteiger partial charge in [0.2, 0.25) is 0 Å². The van der Waals surface area contributed by atoms with Gasteiger partial charge >= 0.3 is 5.97 Å². The Morgan fingerprint density at radius 3 is 2.88 bits per heavy atom. The number of hydrogen-bond acceptors (Lipinski definition) is 4. The van der Waals surface area contributed by atoms with E-state index in [2.05, 4.69) is 0 Å². The summed E-state index contributed by atoms with van der Waals surface area (Å²) < 4.78 is 5.12. The minimum absolute atomic E-state index is 0.0186. The van der Waals surface area contributed by atoms with Crippen LogP contribution in [0.15, 0.2) is 12.2 Å². The van der Waals surface area contributed by atoms with Crippen molar-refractivity contribution in [3.63, 3.8) is 0 Å². The highest BCUT2D eigenvalue weighted by Gasteiger charge is 2.15. The van der Waals surface area contributed by atoms with Gasteiger partial charge in [0.1, 0.15) is 0 Å². The zero-order valence-corrected chi connectivity index (χ0v) is 9.63. The highest BCUT2D eigenvalue weighted by Crippen LogP contribution is 2.12.